The number of benzene rings is 2. The highest BCUT2D eigenvalue weighted by atomic mass is 35.5. The van der Waals surface area contributed by atoms with Crippen molar-refractivity contribution in [1.82, 2.24) is 4.98 Å². The number of aromatic amines is 1. The van der Waals surface area contributed by atoms with Crippen molar-refractivity contribution in [2.45, 2.75) is 0 Å². The number of rotatable bonds is 2. The summed E-state index contributed by atoms with van der Waals surface area (Å²) in [4.78, 5) is 26.8. The number of anilines is 1. The van der Waals surface area contributed by atoms with Gasteiger partial charge in [0.1, 0.15) is 11.4 Å². The predicted octanol–water partition coefficient (Wildman–Crippen LogP) is 4.23. The summed E-state index contributed by atoms with van der Waals surface area (Å²) in [5.74, 6) is -1.11. The molecule has 116 valence electrons. The smallest absolute Gasteiger partial charge is 0.261 e. The lowest BCUT2D eigenvalue weighted by atomic mass is 10.1. The highest BCUT2D eigenvalue weighted by Crippen LogP contribution is 2.29. The van der Waals surface area contributed by atoms with Crippen LogP contribution in [0.25, 0.3) is 10.9 Å². The van der Waals surface area contributed by atoms with E-state index in [2.05, 4.69) is 10.3 Å². The van der Waals surface area contributed by atoms with E-state index in [1.165, 1.54) is 24.3 Å². The Balaban J connectivity index is 2.01. The predicted molar refractivity (Wildman–Crippen MR) is 88.9 cm³/mol. The Morgan fingerprint density at radius 2 is 1.91 bits per heavy atom. The number of hydrogen-bond acceptors (Lipinski definition) is 2. The van der Waals surface area contributed by atoms with Gasteiger partial charge in [0.25, 0.3) is 11.5 Å². The first kappa shape index (κ1) is 15.5. The van der Waals surface area contributed by atoms with Crippen LogP contribution in [0.4, 0.5) is 10.1 Å². The van der Waals surface area contributed by atoms with Crippen molar-refractivity contribution in [3.63, 3.8) is 0 Å². The van der Waals surface area contributed by atoms with Crippen molar-refractivity contribution in [1.29, 1.82) is 0 Å². The van der Waals surface area contributed by atoms with Crippen molar-refractivity contribution in [3.05, 3.63) is 74.2 Å². The molecule has 0 fully saturated rings. The second kappa shape index (κ2) is 6.02. The average Bonchev–Trinajstić information content (AvgIpc) is 2.51. The van der Waals surface area contributed by atoms with Crippen molar-refractivity contribution < 1.29 is 9.18 Å². The third-order valence-electron chi connectivity index (χ3n) is 3.25. The number of amides is 1. The van der Waals surface area contributed by atoms with Gasteiger partial charge >= 0.3 is 0 Å². The van der Waals surface area contributed by atoms with Crippen LogP contribution in [0.2, 0.25) is 10.0 Å². The first-order valence-corrected chi connectivity index (χ1v) is 7.29. The summed E-state index contributed by atoms with van der Waals surface area (Å²) in [6, 6.07) is 10.1. The first-order chi connectivity index (χ1) is 11.0. The molecule has 3 rings (SSSR count). The number of carbonyl (C=O) groups is 1. The number of pyridine rings is 1. The minimum atomic E-state index is -0.637. The van der Waals surface area contributed by atoms with E-state index in [1.54, 1.807) is 18.2 Å². The van der Waals surface area contributed by atoms with Crippen LogP contribution in [0.5, 0.6) is 0 Å². The molecular formula is C16H9Cl2FN2O2. The number of halogens is 3. The summed E-state index contributed by atoms with van der Waals surface area (Å²) in [5, 5.41) is 3.54. The second-order valence-electron chi connectivity index (χ2n) is 4.80. The van der Waals surface area contributed by atoms with Gasteiger partial charge in [-0.3, -0.25) is 9.59 Å². The molecule has 1 heterocycles. The number of carbonyl (C=O) groups excluding carboxylic acids is 1. The number of aromatic nitrogens is 1. The maximum atomic E-state index is 13.2. The lowest BCUT2D eigenvalue weighted by molar-refractivity contribution is 0.102. The van der Waals surface area contributed by atoms with E-state index in [4.69, 9.17) is 23.2 Å². The van der Waals surface area contributed by atoms with Crippen LogP contribution in [-0.4, -0.2) is 10.9 Å². The summed E-state index contributed by atoms with van der Waals surface area (Å²) in [7, 11) is 0. The second-order valence-corrected chi connectivity index (χ2v) is 5.58. The molecule has 0 saturated carbocycles. The highest BCUT2D eigenvalue weighted by molar-refractivity contribution is 6.44. The van der Waals surface area contributed by atoms with Gasteiger partial charge in [0, 0.05) is 0 Å². The van der Waals surface area contributed by atoms with E-state index >= 15 is 0 Å². The van der Waals surface area contributed by atoms with Crippen molar-refractivity contribution in [3.8, 4) is 0 Å². The quantitative estimate of drug-likeness (QED) is 0.726. The highest BCUT2D eigenvalue weighted by Gasteiger charge is 2.14. The monoisotopic (exact) mass is 350 g/mol. The van der Waals surface area contributed by atoms with Crippen LogP contribution >= 0.6 is 23.2 Å². The van der Waals surface area contributed by atoms with Gasteiger partial charge < -0.3 is 10.3 Å². The lowest BCUT2D eigenvalue weighted by Gasteiger charge is -2.08. The van der Waals surface area contributed by atoms with Crippen LogP contribution in [0.15, 0.2) is 47.3 Å². The Hall–Kier alpha value is -2.37. The van der Waals surface area contributed by atoms with E-state index < -0.39 is 17.3 Å². The fraction of sp³-hybridized carbons (Fsp3) is 0. The zero-order chi connectivity index (χ0) is 16.6. The molecule has 7 heteroatoms. The normalized spacial score (nSPS) is 10.7. The van der Waals surface area contributed by atoms with Crippen LogP contribution in [0.3, 0.4) is 0 Å². The third-order valence-corrected chi connectivity index (χ3v) is 4.07. The largest absolute Gasteiger partial charge is 0.321 e. The van der Waals surface area contributed by atoms with Crippen LogP contribution < -0.4 is 10.9 Å². The molecule has 1 amide bonds. The minimum Gasteiger partial charge on any atom is -0.321 e. The van der Waals surface area contributed by atoms with Gasteiger partial charge in [-0.25, -0.2) is 4.39 Å². The van der Waals surface area contributed by atoms with E-state index in [-0.39, 0.29) is 15.6 Å². The van der Waals surface area contributed by atoms with Crippen LogP contribution in [0, 0.1) is 5.82 Å². The zero-order valence-corrected chi connectivity index (χ0v) is 13.0. The summed E-state index contributed by atoms with van der Waals surface area (Å²) in [6.07, 6.45) is 0. The van der Waals surface area contributed by atoms with Crippen LogP contribution in [0.1, 0.15) is 10.4 Å². The Morgan fingerprint density at radius 3 is 2.70 bits per heavy atom. The lowest BCUT2D eigenvalue weighted by Crippen LogP contribution is -2.23. The number of hydrogen-bond donors (Lipinski definition) is 2. The molecule has 2 N–H and O–H groups in total. The molecule has 0 bridgehead atoms. The molecule has 0 unspecified atom stereocenters. The van der Waals surface area contributed by atoms with Crippen molar-refractivity contribution >= 4 is 45.7 Å². The molecule has 0 radical (unpaired) electrons. The SMILES string of the molecule is O=C(Nc1cccc(Cl)c1Cl)c1cc2ccc(F)cc2[nH]c1=O. The molecule has 1 aromatic heterocycles. The molecular weight excluding hydrogens is 342 g/mol. The summed E-state index contributed by atoms with van der Waals surface area (Å²) < 4.78 is 13.2. The Labute approximate surface area is 139 Å². The van der Waals surface area contributed by atoms with Gasteiger partial charge in [-0.1, -0.05) is 29.3 Å². The molecule has 4 nitrogen and oxygen atoms in total. The van der Waals surface area contributed by atoms with Gasteiger partial charge in [-0.15, -0.1) is 0 Å². The van der Waals surface area contributed by atoms with E-state index in [9.17, 15) is 14.0 Å². The summed E-state index contributed by atoms with van der Waals surface area (Å²) in [5.41, 5.74) is -0.131. The molecule has 0 aliphatic rings. The van der Waals surface area contributed by atoms with Gasteiger partial charge in [0.05, 0.1) is 21.2 Å². The first-order valence-electron chi connectivity index (χ1n) is 6.53. The molecule has 3 aromatic rings. The van der Waals surface area contributed by atoms with E-state index in [0.717, 1.165) is 0 Å². The Morgan fingerprint density at radius 1 is 1.13 bits per heavy atom. The van der Waals surface area contributed by atoms with Crippen molar-refractivity contribution in [2.24, 2.45) is 0 Å². The molecule has 0 saturated heterocycles. The molecule has 2 aromatic carbocycles. The summed E-state index contributed by atoms with van der Waals surface area (Å²) >= 11 is 11.9. The maximum absolute atomic E-state index is 13.2. The average molecular weight is 351 g/mol. The Bertz CT molecular complexity index is 985. The number of H-pyrrole nitrogens is 1. The number of nitrogens with one attached hydrogen (secondary N) is 2. The fourth-order valence-corrected chi connectivity index (χ4v) is 2.48. The standard InChI is InChI=1S/C16H9Cl2FN2O2/c17-11-2-1-3-12(14(11)18)20-15(22)10-6-8-4-5-9(19)7-13(8)21-16(10)23/h1-7H,(H,20,22)(H,21,23). The molecule has 0 aliphatic carbocycles. The fourth-order valence-electron chi connectivity index (χ4n) is 2.13. The molecule has 0 aliphatic heterocycles. The van der Waals surface area contributed by atoms with Gasteiger partial charge in [-0.05, 0) is 41.8 Å². The number of fused-ring (bicyclic) bond motifs is 1. The van der Waals surface area contributed by atoms with E-state index in [1.807, 2.05) is 0 Å². The topological polar surface area (TPSA) is 62.0 Å². The van der Waals surface area contributed by atoms with Gasteiger partial charge in [0.2, 0.25) is 0 Å². The molecule has 0 spiro atoms. The molecule has 23 heavy (non-hydrogen) atoms. The van der Waals surface area contributed by atoms with Gasteiger partial charge in [-0.2, -0.15) is 0 Å². The zero-order valence-electron chi connectivity index (χ0n) is 11.5. The Kier molecular flexibility index (Phi) is 4.07. The van der Waals surface area contributed by atoms with E-state index in [0.29, 0.717) is 16.6 Å². The minimum absolute atomic E-state index is 0.111. The molecule has 0 atom stereocenters. The third kappa shape index (κ3) is 3.06. The van der Waals surface area contributed by atoms with Gasteiger partial charge in [0.15, 0.2) is 0 Å². The summed E-state index contributed by atoms with van der Waals surface area (Å²) in [6.45, 7) is 0. The van der Waals surface area contributed by atoms with Crippen molar-refractivity contribution in [2.75, 3.05) is 5.32 Å². The van der Waals surface area contributed by atoms with Crippen LogP contribution in [-0.2, 0) is 0 Å². The maximum Gasteiger partial charge on any atom is 0.261 e.